The Morgan fingerprint density at radius 1 is 1.03 bits per heavy atom. The number of anilines is 1. The monoisotopic (exact) mass is 548 g/mol. The standard InChI is InChI=1S/C23H15Cl2F5N2O4/c1-10(23(28,29)30)36-18-9-11(17-7-6-14(25)20(31-17)22(34)35-2)16(27)8-12(18)21(33)32-19-13(24)4-3-5-15(19)26/h3-10H,1-2H3,(H,32,33)/t10-/m0/s1. The normalized spacial score (nSPS) is 12.1. The molecule has 0 spiro atoms. The number of carbonyl (C=O) groups excluding carboxylic acids is 2. The zero-order valence-electron chi connectivity index (χ0n) is 18.3. The van der Waals surface area contributed by atoms with Gasteiger partial charge in [-0.05, 0) is 43.3 Å². The van der Waals surface area contributed by atoms with Crippen LogP contribution in [0.5, 0.6) is 5.75 Å². The summed E-state index contributed by atoms with van der Waals surface area (Å²) in [6, 6.07) is 7.30. The number of halogens is 7. The van der Waals surface area contributed by atoms with Crippen LogP contribution >= 0.6 is 23.2 Å². The first-order valence-corrected chi connectivity index (χ1v) is 10.7. The summed E-state index contributed by atoms with van der Waals surface area (Å²) in [7, 11) is 1.06. The van der Waals surface area contributed by atoms with E-state index in [1.165, 1.54) is 24.3 Å². The van der Waals surface area contributed by atoms with Gasteiger partial charge in [0.25, 0.3) is 5.91 Å². The van der Waals surface area contributed by atoms with Gasteiger partial charge in [-0.15, -0.1) is 0 Å². The number of amides is 1. The summed E-state index contributed by atoms with van der Waals surface area (Å²) in [6.45, 7) is 0.675. The number of carbonyl (C=O) groups is 2. The van der Waals surface area contributed by atoms with E-state index >= 15 is 4.39 Å². The molecule has 0 saturated carbocycles. The van der Waals surface area contributed by atoms with Crippen LogP contribution in [0.4, 0.5) is 27.6 Å². The number of ether oxygens (including phenoxy) is 2. The molecule has 1 N–H and O–H groups in total. The molecule has 190 valence electrons. The first-order valence-electron chi connectivity index (χ1n) is 9.91. The summed E-state index contributed by atoms with van der Waals surface area (Å²) < 4.78 is 78.3. The third kappa shape index (κ3) is 5.85. The Kier molecular flexibility index (Phi) is 8.05. The summed E-state index contributed by atoms with van der Waals surface area (Å²) in [5, 5.41) is 1.78. The maximum atomic E-state index is 15.1. The van der Waals surface area contributed by atoms with Crippen molar-refractivity contribution in [3.05, 3.63) is 75.4 Å². The fraction of sp³-hybridized carbons (Fsp3) is 0.174. The van der Waals surface area contributed by atoms with E-state index in [0.717, 1.165) is 19.2 Å². The van der Waals surface area contributed by atoms with Crippen LogP contribution < -0.4 is 10.1 Å². The van der Waals surface area contributed by atoms with Gasteiger partial charge in [0, 0.05) is 5.56 Å². The van der Waals surface area contributed by atoms with E-state index < -0.39 is 58.4 Å². The molecule has 0 aliphatic rings. The van der Waals surface area contributed by atoms with Gasteiger partial charge >= 0.3 is 12.1 Å². The van der Waals surface area contributed by atoms with Crippen molar-refractivity contribution in [3.8, 4) is 17.0 Å². The Labute approximate surface area is 210 Å². The van der Waals surface area contributed by atoms with E-state index in [1.54, 1.807) is 0 Å². The number of benzene rings is 2. The summed E-state index contributed by atoms with van der Waals surface area (Å²) in [5.74, 6) is -4.88. The molecule has 2 aromatic carbocycles. The molecule has 0 unspecified atom stereocenters. The fourth-order valence-corrected chi connectivity index (χ4v) is 3.30. The molecule has 0 bridgehead atoms. The molecule has 13 heteroatoms. The van der Waals surface area contributed by atoms with Crippen LogP contribution in [-0.2, 0) is 4.74 Å². The van der Waals surface area contributed by atoms with E-state index in [2.05, 4.69) is 15.0 Å². The molecule has 0 fully saturated rings. The molecular formula is C23H15Cl2F5N2O4. The number of nitrogens with one attached hydrogen (secondary N) is 1. The lowest BCUT2D eigenvalue weighted by molar-refractivity contribution is -0.189. The van der Waals surface area contributed by atoms with E-state index in [9.17, 15) is 27.2 Å². The average molecular weight is 549 g/mol. The number of pyridine rings is 1. The second-order valence-corrected chi connectivity index (χ2v) is 8.01. The number of nitrogens with zero attached hydrogens (tertiary/aromatic N) is 1. The molecule has 0 saturated heterocycles. The van der Waals surface area contributed by atoms with Crippen LogP contribution in [0.1, 0.15) is 27.8 Å². The first kappa shape index (κ1) is 27.2. The second kappa shape index (κ2) is 10.7. The van der Waals surface area contributed by atoms with Crippen LogP contribution in [0.3, 0.4) is 0 Å². The highest BCUT2D eigenvalue weighted by Gasteiger charge is 2.39. The van der Waals surface area contributed by atoms with Crippen molar-refractivity contribution in [1.29, 1.82) is 0 Å². The number of esters is 1. The Hall–Kier alpha value is -3.44. The zero-order valence-corrected chi connectivity index (χ0v) is 19.9. The van der Waals surface area contributed by atoms with Gasteiger partial charge in [-0.25, -0.2) is 18.6 Å². The Bertz CT molecular complexity index is 1310. The molecule has 1 atom stereocenters. The first-order chi connectivity index (χ1) is 16.8. The number of hydrogen-bond donors (Lipinski definition) is 1. The largest absolute Gasteiger partial charge is 0.480 e. The molecule has 1 heterocycles. The van der Waals surface area contributed by atoms with Crippen molar-refractivity contribution in [3.63, 3.8) is 0 Å². The highest BCUT2D eigenvalue weighted by atomic mass is 35.5. The number of methoxy groups -OCH3 is 1. The fourth-order valence-electron chi connectivity index (χ4n) is 2.91. The quantitative estimate of drug-likeness (QED) is 0.274. The van der Waals surface area contributed by atoms with Crippen molar-refractivity contribution >= 4 is 40.8 Å². The minimum Gasteiger partial charge on any atom is -0.480 e. The van der Waals surface area contributed by atoms with Gasteiger partial charge in [-0.1, -0.05) is 29.3 Å². The van der Waals surface area contributed by atoms with Gasteiger partial charge in [0.15, 0.2) is 11.8 Å². The van der Waals surface area contributed by atoms with Gasteiger partial charge in [0.05, 0.1) is 34.1 Å². The molecule has 36 heavy (non-hydrogen) atoms. The molecule has 1 amide bonds. The second-order valence-electron chi connectivity index (χ2n) is 7.20. The molecule has 1 aromatic heterocycles. The molecule has 0 aliphatic carbocycles. The van der Waals surface area contributed by atoms with Crippen molar-refractivity contribution in [2.75, 3.05) is 12.4 Å². The molecule has 3 aromatic rings. The number of para-hydroxylation sites is 1. The summed E-state index contributed by atoms with van der Waals surface area (Å²) in [4.78, 5) is 28.6. The van der Waals surface area contributed by atoms with E-state index in [1.807, 2.05) is 0 Å². The summed E-state index contributed by atoms with van der Waals surface area (Å²) in [5.41, 5.74) is -2.16. The minimum absolute atomic E-state index is 0.120. The number of aromatic nitrogens is 1. The topological polar surface area (TPSA) is 77.5 Å². The van der Waals surface area contributed by atoms with Crippen molar-refractivity contribution in [2.24, 2.45) is 0 Å². The van der Waals surface area contributed by atoms with Crippen LogP contribution in [0.15, 0.2) is 42.5 Å². The predicted octanol–water partition coefficient (Wildman–Crippen LogP) is 6.70. The number of rotatable bonds is 6. The molecule has 3 rings (SSSR count). The Morgan fingerprint density at radius 3 is 2.33 bits per heavy atom. The van der Waals surface area contributed by atoms with Gasteiger partial charge in [0.1, 0.15) is 17.4 Å². The van der Waals surface area contributed by atoms with Crippen LogP contribution in [0.2, 0.25) is 10.0 Å². The van der Waals surface area contributed by atoms with Crippen molar-refractivity contribution in [2.45, 2.75) is 19.2 Å². The van der Waals surface area contributed by atoms with Gasteiger partial charge < -0.3 is 14.8 Å². The van der Waals surface area contributed by atoms with Crippen LogP contribution in [-0.4, -0.2) is 36.3 Å². The molecule has 6 nitrogen and oxygen atoms in total. The number of alkyl halides is 3. The van der Waals surface area contributed by atoms with Gasteiger partial charge in [-0.2, -0.15) is 13.2 Å². The summed E-state index contributed by atoms with van der Waals surface area (Å²) >= 11 is 11.8. The predicted molar refractivity (Wildman–Crippen MR) is 121 cm³/mol. The maximum absolute atomic E-state index is 15.1. The summed E-state index contributed by atoms with van der Waals surface area (Å²) in [6.07, 6.45) is -7.25. The van der Waals surface area contributed by atoms with Crippen molar-refractivity contribution in [1.82, 2.24) is 4.98 Å². The van der Waals surface area contributed by atoms with Crippen molar-refractivity contribution < 1.29 is 41.0 Å². The van der Waals surface area contributed by atoms with Gasteiger partial charge in [0.2, 0.25) is 0 Å². The van der Waals surface area contributed by atoms with E-state index in [-0.39, 0.29) is 21.4 Å². The van der Waals surface area contributed by atoms with Gasteiger partial charge in [-0.3, -0.25) is 4.79 Å². The highest BCUT2D eigenvalue weighted by Crippen LogP contribution is 2.35. The highest BCUT2D eigenvalue weighted by molar-refractivity contribution is 6.34. The maximum Gasteiger partial charge on any atom is 0.425 e. The molecule has 0 radical (unpaired) electrons. The SMILES string of the molecule is COC(=O)c1nc(-c2cc(O[C@@H](C)C(F)(F)F)c(C(=O)Nc3c(F)cccc3Cl)cc2F)ccc1Cl. The third-order valence-electron chi connectivity index (χ3n) is 4.78. The average Bonchev–Trinajstić information content (AvgIpc) is 2.81. The lowest BCUT2D eigenvalue weighted by Crippen LogP contribution is -2.32. The smallest absolute Gasteiger partial charge is 0.425 e. The van der Waals surface area contributed by atoms with Crippen LogP contribution in [0.25, 0.3) is 11.3 Å². The van der Waals surface area contributed by atoms with E-state index in [4.69, 9.17) is 27.9 Å². The lowest BCUT2D eigenvalue weighted by atomic mass is 10.0. The van der Waals surface area contributed by atoms with E-state index in [0.29, 0.717) is 13.0 Å². The Morgan fingerprint density at radius 2 is 1.72 bits per heavy atom. The zero-order chi connectivity index (χ0) is 26.8. The molecule has 0 aliphatic heterocycles. The third-order valence-corrected chi connectivity index (χ3v) is 5.40. The van der Waals surface area contributed by atoms with Crippen LogP contribution in [0, 0.1) is 11.6 Å². The minimum atomic E-state index is -4.84. The lowest BCUT2D eigenvalue weighted by Gasteiger charge is -2.21. The number of hydrogen-bond acceptors (Lipinski definition) is 5. The Balaban J connectivity index is 2.13. The molecular weight excluding hydrogens is 534 g/mol.